The van der Waals surface area contributed by atoms with Crippen molar-refractivity contribution in [3.63, 3.8) is 0 Å². The molecule has 1 fully saturated rings. The van der Waals surface area contributed by atoms with Gasteiger partial charge in [-0.25, -0.2) is 9.79 Å². The first-order valence-corrected chi connectivity index (χ1v) is 9.71. The number of carboxylic acids is 1. The number of hydrogen-bond donors (Lipinski definition) is 2. The molecule has 30 heavy (non-hydrogen) atoms. The van der Waals surface area contributed by atoms with Crippen molar-refractivity contribution < 1.29 is 14.7 Å². The van der Waals surface area contributed by atoms with Crippen molar-refractivity contribution in [1.82, 2.24) is 4.90 Å². The summed E-state index contributed by atoms with van der Waals surface area (Å²) in [6.45, 7) is 1.63. The molecule has 8 nitrogen and oxygen atoms in total. The van der Waals surface area contributed by atoms with Crippen LogP contribution >= 0.6 is 0 Å². The average molecular weight is 403 g/mol. The van der Waals surface area contributed by atoms with Gasteiger partial charge in [-0.3, -0.25) is 4.79 Å². The number of aliphatic imine (C=N–C) groups is 1. The highest BCUT2D eigenvalue weighted by Crippen LogP contribution is 2.32. The summed E-state index contributed by atoms with van der Waals surface area (Å²) >= 11 is 0. The molecule has 0 bridgehead atoms. The first kappa shape index (κ1) is 19.5. The molecule has 0 unspecified atom stereocenters. The Bertz CT molecular complexity index is 1080. The summed E-state index contributed by atoms with van der Waals surface area (Å²) in [6.07, 6.45) is 3.74. The minimum absolute atomic E-state index is 0.0351. The maximum atomic E-state index is 12.5. The molecule has 0 atom stereocenters. The Balaban J connectivity index is 1.66. The van der Waals surface area contributed by atoms with Gasteiger partial charge in [0.2, 0.25) is 0 Å². The summed E-state index contributed by atoms with van der Waals surface area (Å²) in [4.78, 5) is 30.4. The third-order valence-corrected chi connectivity index (χ3v) is 5.26. The third-order valence-electron chi connectivity index (χ3n) is 5.26. The summed E-state index contributed by atoms with van der Waals surface area (Å²) < 4.78 is 0. The number of aliphatic carboxylic acids is 1. The summed E-state index contributed by atoms with van der Waals surface area (Å²) in [7, 11) is 0. The largest absolute Gasteiger partial charge is 0.478 e. The van der Waals surface area contributed by atoms with Gasteiger partial charge in [0.1, 0.15) is 0 Å². The van der Waals surface area contributed by atoms with Crippen LogP contribution in [0.25, 0.3) is 17.2 Å². The number of carbonyl (C=O) groups is 2. The van der Waals surface area contributed by atoms with E-state index in [2.05, 4.69) is 15.3 Å². The molecule has 2 aromatic carbocycles. The van der Waals surface area contributed by atoms with Crippen LogP contribution in [0.2, 0.25) is 0 Å². The Hall–Kier alpha value is -3.81. The second kappa shape index (κ2) is 8.28. The molecular formula is C22H21N5O3. The molecule has 2 aliphatic heterocycles. The summed E-state index contributed by atoms with van der Waals surface area (Å²) in [5.74, 6) is 4.36. The van der Waals surface area contributed by atoms with E-state index in [1.54, 1.807) is 12.1 Å². The number of carbonyl (C=O) groups excluding carboxylic acids is 1. The van der Waals surface area contributed by atoms with Crippen molar-refractivity contribution in [2.24, 2.45) is 21.2 Å². The molecule has 4 rings (SSSR count). The topological polar surface area (TPSA) is 121 Å². The number of carboxylic acid groups (broad SMARTS) is 1. The molecule has 1 amide bonds. The molecule has 1 saturated heterocycles. The van der Waals surface area contributed by atoms with E-state index in [4.69, 9.17) is 5.84 Å². The van der Waals surface area contributed by atoms with Gasteiger partial charge in [0.05, 0.1) is 5.69 Å². The number of nitrogens with two attached hydrogens (primary N) is 1. The van der Waals surface area contributed by atoms with Crippen molar-refractivity contribution >= 4 is 29.5 Å². The normalized spacial score (nSPS) is 16.1. The molecule has 152 valence electrons. The molecule has 3 N–H and O–H groups in total. The Labute approximate surface area is 173 Å². The van der Waals surface area contributed by atoms with Crippen LogP contribution in [0.3, 0.4) is 0 Å². The van der Waals surface area contributed by atoms with E-state index in [9.17, 15) is 14.7 Å². The van der Waals surface area contributed by atoms with E-state index in [1.165, 1.54) is 0 Å². The lowest BCUT2D eigenvalue weighted by atomic mass is 9.99. The molecule has 2 heterocycles. The van der Waals surface area contributed by atoms with E-state index in [0.29, 0.717) is 16.8 Å². The average Bonchev–Trinajstić information content (AvgIpc) is 3.22. The fraction of sp³-hybridized carbons (Fsp3) is 0.227. The number of likely N-dealkylation sites (tertiary alicyclic amines) is 1. The Morgan fingerprint density at radius 3 is 2.40 bits per heavy atom. The summed E-state index contributed by atoms with van der Waals surface area (Å²) in [5, 5.41) is 16.4. The Morgan fingerprint density at radius 1 is 1.03 bits per heavy atom. The van der Waals surface area contributed by atoms with E-state index in [1.807, 2.05) is 41.3 Å². The number of fused-ring (bicyclic) bond motifs is 1. The van der Waals surface area contributed by atoms with Gasteiger partial charge in [0.25, 0.3) is 5.91 Å². The maximum absolute atomic E-state index is 12.5. The lowest BCUT2D eigenvalue weighted by Gasteiger charge is -2.15. The minimum Gasteiger partial charge on any atom is -0.478 e. The number of amides is 1. The van der Waals surface area contributed by atoms with Crippen LogP contribution in [0.15, 0.2) is 63.4 Å². The molecule has 0 aromatic heterocycles. The van der Waals surface area contributed by atoms with Gasteiger partial charge in [-0.05, 0) is 54.3 Å². The predicted molar refractivity (Wildman–Crippen MR) is 113 cm³/mol. The smallest absolute Gasteiger partial charge is 0.332 e. The van der Waals surface area contributed by atoms with Gasteiger partial charge in [-0.15, -0.1) is 5.11 Å². The molecule has 0 saturated carbocycles. The highest BCUT2D eigenvalue weighted by Gasteiger charge is 2.20. The van der Waals surface area contributed by atoms with Crippen LogP contribution < -0.4 is 5.84 Å². The van der Waals surface area contributed by atoms with Gasteiger partial charge in [-0.1, -0.05) is 23.4 Å². The first-order chi connectivity index (χ1) is 14.5. The van der Waals surface area contributed by atoms with Gasteiger partial charge in [0, 0.05) is 36.2 Å². The number of hydrogen-bond acceptors (Lipinski definition) is 5. The van der Waals surface area contributed by atoms with Crippen molar-refractivity contribution in [2.75, 3.05) is 13.1 Å². The number of rotatable bonds is 3. The highest BCUT2D eigenvalue weighted by atomic mass is 16.4. The number of amidine groups is 1. The van der Waals surface area contributed by atoms with Gasteiger partial charge < -0.3 is 15.8 Å². The maximum Gasteiger partial charge on any atom is 0.332 e. The van der Waals surface area contributed by atoms with E-state index in [-0.39, 0.29) is 23.7 Å². The molecule has 0 radical (unpaired) electrons. The third kappa shape index (κ3) is 3.98. The van der Waals surface area contributed by atoms with Crippen molar-refractivity contribution in [3.8, 4) is 11.1 Å². The van der Waals surface area contributed by atoms with Crippen molar-refractivity contribution in [3.05, 3.63) is 59.2 Å². The summed E-state index contributed by atoms with van der Waals surface area (Å²) in [5.41, 5.74) is 3.92. The Kier molecular flexibility index (Phi) is 5.38. The highest BCUT2D eigenvalue weighted by molar-refractivity contribution is 6.03. The van der Waals surface area contributed by atoms with Crippen LogP contribution in [-0.4, -0.2) is 40.8 Å². The molecule has 0 aliphatic carbocycles. The van der Waals surface area contributed by atoms with E-state index < -0.39 is 5.97 Å². The van der Waals surface area contributed by atoms with Crippen molar-refractivity contribution in [2.45, 2.75) is 19.3 Å². The molecule has 2 aliphatic rings. The zero-order chi connectivity index (χ0) is 21.1. The van der Waals surface area contributed by atoms with Crippen LogP contribution in [-0.2, 0) is 4.79 Å². The zero-order valence-corrected chi connectivity index (χ0v) is 16.3. The molecule has 0 spiro atoms. The lowest BCUT2D eigenvalue weighted by molar-refractivity contribution is -0.132. The minimum atomic E-state index is -1.04. The van der Waals surface area contributed by atoms with Crippen LogP contribution in [0.1, 0.15) is 35.2 Å². The second-order valence-corrected chi connectivity index (χ2v) is 7.25. The van der Waals surface area contributed by atoms with Crippen LogP contribution in [0.4, 0.5) is 5.69 Å². The standard InChI is InChI=1S/C22H21N5O3/c23-26-25-20-13-18(22(29)30)12-17-11-16(7-8-19(17)24-20)14-3-5-15(6-4-14)21(28)27-9-1-2-10-27/h3-8,11-12H,1-2,9-10,13H2,(H,29,30)(H2,23,24,25). The van der Waals surface area contributed by atoms with Gasteiger partial charge in [-0.2, -0.15) is 0 Å². The van der Waals surface area contributed by atoms with Gasteiger partial charge >= 0.3 is 5.97 Å². The molecule has 2 aromatic rings. The predicted octanol–water partition coefficient (Wildman–Crippen LogP) is 3.82. The number of nitrogens with zero attached hydrogens (tertiary/aromatic N) is 4. The monoisotopic (exact) mass is 403 g/mol. The summed E-state index contributed by atoms with van der Waals surface area (Å²) in [6, 6.07) is 13.1. The lowest BCUT2D eigenvalue weighted by Crippen LogP contribution is -2.27. The van der Waals surface area contributed by atoms with E-state index >= 15 is 0 Å². The molecule has 8 heteroatoms. The van der Waals surface area contributed by atoms with Gasteiger partial charge in [0.15, 0.2) is 5.84 Å². The fourth-order valence-corrected chi connectivity index (χ4v) is 3.71. The second-order valence-electron chi connectivity index (χ2n) is 7.25. The number of benzene rings is 2. The van der Waals surface area contributed by atoms with Crippen molar-refractivity contribution in [1.29, 1.82) is 0 Å². The van der Waals surface area contributed by atoms with E-state index in [0.717, 1.165) is 37.1 Å². The zero-order valence-electron chi connectivity index (χ0n) is 16.3. The Morgan fingerprint density at radius 2 is 1.73 bits per heavy atom. The van der Waals surface area contributed by atoms with Crippen LogP contribution in [0, 0.1) is 0 Å². The quantitative estimate of drug-likeness (QED) is 0.460. The van der Waals surface area contributed by atoms with Crippen LogP contribution in [0.5, 0.6) is 0 Å². The fourth-order valence-electron chi connectivity index (χ4n) is 3.71. The molecular weight excluding hydrogens is 382 g/mol. The SMILES string of the molecule is NN=NC1=Nc2ccc(-c3ccc(C(=O)N4CCCC4)cc3)cc2C=C(C(=O)O)C1. The first-order valence-electron chi connectivity index (χ1n) is 9.71.